The Morgan fingerprint density at radius 2 is 1.63 bits per heavy atom. The Bertz CT molecular complexity index is 633. The van der Waals surface area contributed by atoms with E-state index in [1.807, 2.05) is 36.4 Å². The second-order valence-electron chi connectivity index (χ2n) is 3.86. The Hall–Kier alpha value is -2.33. The molecule has 92 valence electrons. The van der Waals surface area contributed by atoms with Crippen LogP contribution >= 0.6 is 11.3 Å². The number of thiazole rings is 1. The largest absolute Gasteiger partial charge is 0.255 e. The summed E-state index contributed by atoms with van der Waals surface area (Å²) in [5, 5.41) is 0.876. The van der Waals surface area contributed by atoms with E-state index in [2.05, 4.69) is 21.5 Å². The highest BCUT2D eigenvalue weighted by molar-refractivity contribution is 7.16. The minimum Gasteiger partial charge on any atom is -0.255 e. The molecule has 0 saturated carbocycles. The predicted octanol–water partition coefficient (Wildman–Crippen LogP) is 3.91. The SMILES string of the molecule is C=Cc1nc(-c2ccccn2)c(-c2ccccn2)s1. The molecule has 3 rings (SSSR count). The molecular formula is C15H11N3S. The van der Waals surface area contributed by atoms with E-state index in [-0.39, 0.29) is 0 Å². The smallest absolute Gasteiger partial charge is 0.116 e. The Balaban J connectivity index is 2.19. The zero-order chi connectivity index (χ0) is 13.1. The normalized spacial score (nSPS) is 10.3. The third kappa shape index (κ3) is 2.30. The lowest BCUT2D eigenvalue weighted by atomic mass is 10.2. The van der Waals surface area contributed by atoms with Gasteiger partial charge in [-0.05, 0) is 30.3 Å². The third-order valence-corrected chi connectivity index (χ3v) is 3.70. The topological polar surface area (TPSA) is 38.7 Å². The van der Waals surface area contributed by atoms with Crippen molar-refractivity contribution in [3.05, 3.63) is 60.4 Å². The summed E-state index contributed by atoms with van der Waals surface area (Å²) in [6, 6.07) is 11.7. The second-order valence-corrected chi connectivity index (χ2v) is 4.89. The van der Waals surface area contributed by atoms with Gasteiger partial charge in [-0.1, -0.05) is 18.7 Å². The van der Waals surface area contributed by atoms with Crippen LogP contribution in [-0.4, -0.2) is 15.0 Å². The van der Waals surface area contributed by atoms with Crippen molar-refractivity contribution in [3.8, 4) is 22.0 Å². The lowest BCUT2D eigenvalue weighted by Crippen LogP contribution is -1.86. The fourth-order valence-corrected chi connectivity index (χ4v) is 2.67. The molecule has 19 heavy (non-hydrogen) atoms. The van der Waals surface area contributed by atoms with Crippen LogP contribution < -0.4 is 0 Å². The van der Waals surface area contributed by atoms with Gasteiger partial charge in [-0.15, -0.1) is 11.3 Å². The molecule has 0 spiro atoms. The highest BCUT2D eigenvalue weighted by atomic mass is 32.1. The lowest BCUT2D eigenvalue weighted by Gasteiger charge is -2.00. The summed E-state index contributed by atoms with van der Waals surface area (Å²) in [6.07, 6.45) is 5.30. The molecule has 0 bridgehead atoms. The first-order chi connectivity index (χ1) is 9.38. The van der Waals surface area contributed by atoms with Gasteiger partial charge in [-0.2, -0.15) is 0 Å². The monoisotopic (exact) mass is 265 g/mol. The Morgan fingerprint density at radius 1 is 0.947 bits per heavy atom. The molecule has 0 atom stereocenters. The summed E-state index contributed by atoms with van der Waals surface area (Å²) >= 11 is 1.58. The number of hydrogen-bond donors (Lipinski definition) is 0. The summed E-state index contributed by atoms with van der Waals surface area (Å²) in [7, 11) is 0. The molecule has 0 fully saturated rings. The molecule has 3 heterocycles. The van der Waals surface area contributed by atoms with Crippen molar-refractivity contribution in [2.24, 2.45) is 0 Å². The Labute approximate surface area is 115 Å². The average Bonchev–Trinajstić information content (AvgIpc) is 2.93. The standard InChI is InChI=1S/C15H11N3S/c1-2-13-18-14(11-7-3-5-9-16-11)15(19-13)12-8-4-6-10-17-12/h2-10H,1H2. The highest BCUT2D eigenvalue weighted by Gasteiger charge is 2.15. The molecule has 3 nitrogen and oxygen atoms in total. The van der Waals surface area contributed by atoms with Crippen molar-refractivity contribution >= 4 is 17.4 Å². The molecule has 0 aliphatic rings. The zero-order valence-electron chi connectivity index (χ0n) is 10.2. The van der Waals surface area contributed by atoms with Crippen LogP contribution in [0.3, 0.4) is 0 Å². The van der Waals surface area contributed by atoms with Crippen molar-refractivity contribution in [3.63, 3.8) is 0 Å². The Morgan fingerprint density at radius 3 is 2.21 bits per heavy atom. The zero-order valence-corrected chi connectivity index (χ0v) is 11.0. The molecule has 0 unspecified atom stereocenters. The first kappa shape index (κ1) is 11.7. The molecule has 0 N–H and O–H groups in total. The molecule has 0 amide bonds. The number of nitrogens with zero attached hydrogens (tertiary/aromatic N) is 3. The van der Waals surface area contributed by atoms with E-state index in [4.69, 9.17) is 0 Å². The molecule has 0 aromatic carbocycles. The van der Waals surface area contributed by atoms with E-state index in [1.54, 1.807) is 29.8 Å². The van der Waals surface area contributed by atoms with Gasteiger partial charge in [0.1, 0.15) is 10.7 Å². The van der Waals surface area contributed by atoms with E-state index in [0.29, 0.717) is 0 Å². The summed E-state index contributed by atoms with van der Waals surface area (Å²) in [4.78, 5) is 14.4. The maximum atomic E-state index is 4.57. The van der Waals surface area contributed by atoms with Gasteiger partial charge in [0.25, 0.3) is 0 Å². The summed E-state index contributed by atoms with van der Waals surface area (Å²) in [5.41, 5.74) is 2.63. The van der Waals surface area contributed by atoms with Crippen molar-refractivity contribution in [2.45, 2.75) is 0 Å². The molecule has 3 aromatic rings. The van der Waals surface area contributed by atoms with Crippen molar-refractivity contribution in [2.75, 3.05) is 0 Å². The van der Waals surface area contributed by atoms with Crippen LogP contribution in [0.15, 0.2) is 55.4 Å². The molecule has 0 radical (unpaired) electrons. The maximum Gasteiger partial charge on any atom is 0.116 e. The molecule has 0 saturated heterocycles. The summed E-state index contributed by atoms with van der Waals surface area (Å²) < 4.78 is 0. The van der Waals surface area contributed by atoms with Gasteiger partial charge in [-0.25, -0.2) is 4.98 Å². The predicted molar refractivity (Wildman–Crippen MR) is 78.7 cm³/mol. The first-order valence-electron chi connectivity index (χ1n) is 5.84. The fourth-order valence-electron chi connectivity index (χ4n) is 1.77. The second kappa shape index (κ2) is 5.12. The molecule has 0 aliphatic heterocycles. The summed E-state index contributed by atoms with van der Waals surface area (Å²) in [6.45, 7) is 3.78. The van der Waals surface area contributed by atoms with Crippen molar-refractivity contribution < 1.29 is 0 Å². The Kier molecular flexibility index (Phi) is 3.16. The van der Waals surface area contributed by atoms with Crippen LogP contribution in [0.4, 0.5) is 0 Å². The minimum absolute atomic E-state index is 0.854. The van der Waals surface area contributed by atoms with Crippen molar-refractivity contribution in [1.29, 1.82) is 0 Å². The van der Waals surface area contributed by atoms with Crippen LogP contribution in [0, 0.1) is 0 Å². The van der Waals surface area contributed by atoms with E-state index < -0.39 is 0 Å². The quantitative estimate of drug-likeness (QED) is 0.720. The average molecular weight is 265 g/mol. The third-order valence-electron chi connectivity index (χ3n) is 2.62. The van der Waals surface area contributed by atoms with E-state index in [0.717, 1.165) is 27.0 Å². The van der Waals surface area contributed by atoms with E-state index >= 15 is 0 Å². The van der Waals surface area contributed by atoms with E-state index in [1.165, 1.54) is 0 Å². The minimum atomic E-state index is 0.854. The van der Waals surface area contributed by atoms with Crippen LogP contribution in [0.5, 0.6) is 0 Å². The highest BCUT2D eigenvalue weighted by Crippen LogP contribution is 2.35. The fraction of sp³-hybridized carbons (Fsp3) is 0. The molecule has 3 aromatic heterocycles. The number of rotatable bonds is 3. The lowest BCUT2D eigenvalue weighted by molar-refractivity contribution is 1.26. The van der Waals surface area contributed by atoms with Gasteiger partial charge in [0, 0.05) is 12.4 Å². The van der Waals surface area contributed by atoms with Gasteiger partial charge < -0.3 is 0 Å². The van der Waals surface area contributed by atoms with Crippen LogP contribution in [-0.2, 0) is 0 Å². The van der Waals surface area contributed by atoms with Crippen LogP contribution in [0.1, 0.15) is 5.01 Å². The summed E-state index contributed by atoms with van der Waals surface area (Å²) in [5.74, 6) is 0. The van der Waals surface area contributed by atoms with Crippen molar-refractivity contribution in [1.82, 2.24) is 15.0 Å². The number of hydrogen-bond acceptors (Lipinski definition) is 4. The first-order valence-corrected chi connectivity index (χ1v) is 6.66. The molecule has 4 heteroatoms. The maximum absolute atomic E-state index is 4.57. The number of aromatic nitrogens is 3. The van der Waals surface area contributed by atoms with Crippen LogP contribution in [0.2, 0.25) is 0 Å². The van der Waals surface area contributed by atoms with Crippen LogP contribution in [0.25, 0.3) is 28.0 Å². The van der Waals surface area contributed by atoms with Gasteiger partial charge in [0.15, 0.2) is 0 Å². The van der Waals surface area contributed by atoms with E-state index in [9.17, 15) is 0 Å². The van der Waals surface area contributed by atoms with Gasteiger partial charge in [0.2, 0.25) is 0 Å². The molecule has 0 aliphatic carbocycles. The van der Waals surface area contributed by atoms with Gasteiger partial charge >= 0.3 is 0 Å². The van der Waals surface area contributed by atoms with Gasteiger partial charge in [-0.3, -0.25) is 9.97 Å². The number of pyridine rings is 2. The molecular weight excluding hydrogens is 254 g/mol. The van der Waals surface area contributed by atoms with Gasteiger partial charge in [0.05, 0.1) is 16.3 Å².